The molecule has 0 aliphatic rings. The predicted molar refractivity (Wildman–Crippen MR) is 114 cm³/mol. The van der Waals surface area contributed by atoms with Gasteiger partial charge < -0.3 is 15.5 Å². The topological polar surface area (TPSA) is 116 Å². The predicted octanol–water partition coefficient (Wildman–Crippen LogP) is 3.37. The second-order valence-corrected chi connectivity index (χ2v) is 8.31. The van der Waals surface area contributed by atoms with E-state index in [1.165, 1.54) is 78.9 Å². The number of nitrogens with one attached hydrogen (secondary N) is 2. The van der Waals surface area contributed by atoms with Crippen molar-refractivity contribution in [1.82, 2.24) is 4.72 Å². The molecule has 0 saturated heterocycles. The third kappa shape index (κ3) is 6.14. The average Bonchev–Trinajstić information content (AvgIpc) is 2.75. The number of phenols is 2. The summed E-state index contributed by atoms with van der Waals surface area (Å²) >= 11 is 0. The number of sulfonamides is 1. The van der Waals surface area contributed by atoms with Gasteiger partial charge in [-0.25, -0.2) is 17.5 Å². The van der Waals surface area contributed by atoms with Gasteiger partial charge in [0.25, 0.3) is 0 Å². The summed E-state index contributed by atoms with van der Waals surface area (Å²) in [5.41, 5.74) is 1.52. The van der Waals surface area contributed by atoms with Crippen LogP contribution in [-0.2, 0) is 21.4 Å². The summed E-state index contributed by atoms with van der Waals surface area (Å²) in [7, 11) is -3.78. The van der Waals surface area contributed by atoms with Crippen LogP contribution in [0.4, 0.5) is 10.1 Å². The van der Waals surface area contributed by atoms with Crippen LogP contribution in [0.25, 0.3) is 6.08 Å². The van der Waals surface area contributed by atoms with Gasteiger partial charge in [0.1, 0.15) is 5.82 Å². The van der Waals surface area contributed by atoms with Crippen molar-refractivity contribution in [2.45, 2.75) is 11.4 Å². The number of benzene rings is 3. The van der Waals surface area contributed by atoms with E-state index in [0.29, 0.717) is 16.8 Å². The Kier molecular flexibility index (Phi) is 6.68. The molecule has 0 radical (unpaired) electrons. The Morgan fingerprint density at radius 1 is 0.935 bits per heavy atom. The zero-order chi connectivity index (χ0) is 22.4. The molecule has 9 heteroatoms. The molecule has 0 aliphatic carbocycles. The standard InChI is InChI=1S/C22H19FN2O5S/c23-17-5-1-16(2-6-17)14-24-31(29,30)19-9-7-18(8-10-19)25-22(28)12-4-15-3-11-20(26)21(27)13-15/h1-13,24,26-27H,14H2,(H,25,28)/b12-4+. The third-order valence-electron chi connectivity index (χ3n) is 4.24. The van der Waals surface area contributed by atoms with Crippen molar-refractivity contribution in [3.8, 4) is 11.5 Å². The van der Waals surface area contributed by atoms with Gasteiger partial charge in [-0.2, -0.15) is 0 Å². The molecule has 0 fully saturated rings. The molecule has 0 saturated carbocycles. The molecule has 3 aromatic carbocycles. The Labute approximate surface area is 178 Å². The summed E-state index contributed by atoms with van der Waals surface area (Å²) in [6.07, 6.45) is 2.69. The van der Waals surface area contributed by atoms with Crippen LogP contribution in [0.5, 0.6) is 11.5 Å². The van der Waals surface area contributed by atoms with E-state index in [0.717, 1.165) is 0 Å². The number of phenolic OH excluding ortho intramolecular Hbond substituents is 2. The molecule has 160 valence electrons. The van der Waals surface area contributed by atoms with E-state index in [1.807, 2.05) is 0 Å². The lowest BCUT2D eigenvalue weighted by atomic mass is 10.2. The molecule has 3 aromatic rings. The normalized spacial score (nSPS) is 11.5. The maximum absolute atomic E-state index is 12.9. The highest BCUT2D eigenvalue weighted by Gasteiger charge is 2.13. The van der Waals surface area contributed by atoms with Crippen LogP contribution in [0.15, 0.2) is 77.7 Å². The van der Waals surface area contributed by atoms with Crippen molar-refractivity contribution < 1.29 is 27.8 Å². The molecule has 0 bridgehead atoms. The molecule has 7 nitrogen and oxygen atoms in total. The third-order valence-corrected chi connectivity index (χ3v) is 5.66. The maximum Gasteiger partial charge on any atom is 0.248 e. The smallest absolute Gasteiger partial charge is 0.248 e. The zero-order valence-electron chi connectivity index (χ0n) is 16.1. The van der Waals surface area contributed by atoms with Crippen LogP contribution in [0.2, 0.25) is 0 Å². The number of anilines is 1. The lowest BCUT2D eigenvalue weighted by Gasteiger charge is -2.08. The minimum atomic E-state index is -3.78. The van der Waals surface area contributed by atoms with Crippen LogP contribution in [0, 0.1) is 5.82 Å². The molecule has 0 aromatic heterocycles. The van der Waals surface area contributed by atoms with Crippen molar-refractivity contribution in [3.05, 3.63) is 89.8 Å². The van der Waals surface area contributed by atoms with Crippen molar-refractivity contribution in [2.75, 3.05) is 5.32 Å². The first-order chi connectivity index (χ1) is 14.7. The van der Waals surface area contributed by atoms with Gasteiger partial charge in [-0.1, -0.05) is 18.2 Å². The molecule has 31 heavy (non-hydrogen) atoms. The molecular weight excluding hydrogens is 423 g/mol. The van der Waals surface area contributed by atoms with E-state index in [2.05, 4.69) is 10.0 Å². The van der Waals surface area contributed by atoms with Gasteiger partial charge in [0.05, 0.1) is 4.90 Å². The molecular formula is C22H19FN2O5S. The largest absolute Gasteiger partial charge is 0.504 e. The summed E-state index contributed by atoms with van der Waals surface area (Å²) in [5, 5.41) is 21.3. The Morgan fingerprint density at radius 2 is 1.61 bits per heavy atom. The van der Waals surface area contributed by atoms with Gasteiger partial charge in [-0.15, -0.1) is 0 Å². The Morgan fingerprint density at radius 3 is 2.26 bits per heavy atom. The molecule has 3 rings (SSSR count). The second-order valence-electron chi connectivity index (χ2n) is 6.55. The summed E-state index contributed by atoms with van der Waals surface area (Å²) in [6.45, 7) is 0.0126. The Balaban J connectivity index is 1.59. The van der Waals surface area contributed by atoms with Gasteiger partial charge in [0, 0.05) is 18.3 Å². The SMILES string of the molecule is O=C(/C=C/c1ccc(O)c(O)c1)Nc1ccc(S(=O)(=O)NCc2ccc(F)cc2)cc1. The van der Waals surface area contributed by atoms with E-state index in [9.17, 15) is 27.8 Å². The molecule has 0 unspecified atom stereocenters. The van der Waals surface area contributed by atoms with E-state index >= 15 is 0 Å². The molecule has 4 N–H and O–H groups in total. The molecule has 0 aliphatic heterocycles. The van der Waals surface area contributed by atoms with Gasteiger partial charge in [-0.3, -0.25) is 4.79 Å². The zero-order valence-corrected chi connectivity index (χ0v) is 16.9. The van der Waals surface area contributed by atoms with Crippen molar-refractivity contribution in [1.29, 1.82) is 0 Å². The summed E-state index contributed by atoms with van der Waals surface area (Å²) in [4.78, 5) is 12.1. The molecule has 1 amide bonds. The van der Waals surface area contributed by atoms with Gasteiger partial charge >= 0.3 is 0 Å². The van der Waals surface area contributed by atoms with Crippen LogP contribution in [0.3, 0.4) is 0 Å². The monoisotopic (exact) mass is 442 g/mol. The number of rotatable bonds is 7. The maximum atomic E-state index is 12.9. The number of carbonyl (C=O) groups excluding carboxylic acids is 1. The van der Waals surface area contributed by atoms with Crippen LogP contribution >= 0.6 is 0 Å². The highest BCUT2D eigenvalue weighted by Crippen LogP contribution is 2.25. The molecule has 0 heterocycles. The first-order valence-corrected chi connectivity index (χ1v) is 10.6. The highest BCUT2D eigenvalue weighted by molar-refractivity contribution is 7.89. The van der Waals surface area contributed by atoms with Gasteiger partial charge in [0.15, 0.2) is 11.5 Å². The fourth-order valence-corrected chi connectivity index (χ4v) is 3.60. The van der Waals surface area contributed by atoms with E-state index < -0.39 is 21.7 Å². The van der Waals surface area contributed by atoms with E-state index in [-0.39, 0.29) is 22.9 Å². The molecule has 0 spiro atoms. The molecule has 0 atom stereocenters. The second kappa shape index (κ2) is 9.41. The Hall–Kier alpha value is -3.69. The Bertz CT molecular complexity index is 1210. The van der Waals surface area contributed by atoms with Crippen LogP contribution in [-0.4, -0.2) is 24.5 Å². The minimum absolute atomic E-state index is 0.0126. The van der Waals surface area contributed by atoms with E-state index in [1.54, 1.807) is 0 Å². The van der Waals surface area contributed by atoms with Crippen LogP contribution < -0.4 is 10.0 Å². The first kappa shape index (κ1) is 22.0. The minimum Gasteiger partial charge on any atom is -0.504 e. The summed E-state index contributed by atoms with van der Waals surface area (Å²) in [5.74, 6) is -1.42. The number of aromatic hydroxyl groups is 2. The quantitative estimate of drug-likeness (QED) is 0.331. The van der Waals surface area contributed by atoms with Crippen molar-refractivity contribution in [2.24, 2.45) is 0 Å². The number of carbonyl (C=O) groups is 1. The average molecular weight is 442 g/mol. The summed E-state index contributed by atoms with van der Waals surface area (Å²) < 4.78 is 40.1. The number of amides is 1. The van der Waals surface area contributed by atoms with Crippen LogP contribution in [0.1, 0.15) is 11.1 Å². The fourth-order valence-electron chi connectivity index (χ4n) is 2.58. The first-order valence-electron chi connectivity index (χ1n) is 9.08. The van der Waals surface area contributed by atoms with Gasteiger partial charge in [0.2, 0.25) is 15.9 Å². The van der Waals surface area contributed by atoms with Gasteiger partial charge in [-0.05, 0) is 65.7 Å². The van der Waals surface area contributed by atoms with Crippen molar-refractivity contribution >= 4 is 27.7 Å². The lowest BCUT2D eigenvalue weighted by molar-refractivity contribution is -0.111. The summed E-state index contributed by atoms with van der Waals surface area (Å²) in [6, 6.07) is 15.2. The number of hydrogen-bond acceptors (Lipinski definition) is 5. The number of hydrogen-bond donors (Lipinski definition) is 4. The fraction of sp³-hybridized carbons (Fsp3) is 0.0455. The highest BCUT2D eigenvalue weighted by atomic mass is 32.2. The number of halogens is 1. The van der Waals surface area contributed by atoms with Crippen molar-refractivity contribution in [3.63, 3.8) is 0 Å². The lowest BCUT2D eigenvalue weighted by Crippen LogP contribution is -2.23. The van der Waals surface area contributed by atoms with E-state index in [4.69, 9.17) is 0 Å².